The van der Waals surface area contributed by atoms with Crippen molar-refractivity contribution in [2.24, 2.45) is 5.92 Å². The summed E-state index contributed by atoms with van der Waals surface area (Å²) in [5, 5.41) is 0. The lowest BCUT2D eigenvalue weighted by Crippen LogP contribution is -2.47. The predicted octanol–water partition coefficient (Wildman–Crippen LogP) is 1.67. The first-order chi connectivity index (χ1) is 6.66. The molecule has 0 radical (unpaired) electrons. The number of hydrogen-bond acceptors (Lipinski definition) is 2. The highest BCUT2D eigenvalue weighted by atomic mass is 16.5. The number of amides is 1. The lowest BCUT2D eigenvalue weighted by molar-refractivity contribution is -0.140. The van der Waals surface area contributed by atoms with E-state index >= 15 is 0 Å². The van der Waals surface area contributed by atoms with Crippen molar-refractivity contribution < 1.29 is 9.53 Å². The molecule has 0 aromatic heterocycles. The van der Waals surface area contributed by atoms with Gasteiger partial charge in [-0.1, -0.05) is 6.92 Å². The fourth-order valence-electron chi connectivity index (χ4n) is 1.96. The van der Waals surface area contributed by atoms with Crippen molar-refractivity contribution >= 4 is 5.91 Å². The van der Waals surface area contributed by atoms with Gasteiger partial charge in [0.25, 0.3) is 0 Å². The number of carbonyl (C=O) groups is 1. The van der Waals surface area contributed by atoms with E-state index in [0.29, 0.717) is 18.6 Å². The van der Waals surface area contributed by atoms with Crippen molar-refractivity contribution in [1.82, 2.24) is 4.90 Å². The Labute approximate surface area is 86.4 Å². The molecule has 3 heteroatoms. The first kappa shape index (κ1) is 11.5. The Morgan fingerprint density at radius 3 is 2.86 bits per heavy atom. The van der Waals surface area contributed by atoms with E-state index < -0.39 is 0 Å². The average Bonchev–Trinajstić information content (AvgIpc) is 2.18. The van der Waals surface area contributed by atoms with Crippen molar-refractivity contribution in [1.29, 1.82) is 0 Å². The molecule has 1 rings (SSSR count). The van der Waals surface area contributed by atoms with Crippen LogP contribution in [0.2, 0.25) is 0 Å². The minimum absolute atomic E-state index is 0.144. The smallest absolute Gasteiger partial charge is 0.248 e. The largest absolute Gasteiger partial charge is 0.372 e. The number of piperidine rings is 1. The van der Waals surface area contributed by atoms with E-state index in [9.17, 15) is 4.79 Å². The van der Waals surface area contributed by atoms with E-state index in [1.165, 1.54) is 6.42 Å². The van der Waals surface area contributed by atoms with Crippen molar-refractivity contribution in [3.63, 3.8) is 0 Å². The highest BCUT2D eigenvalue weighted by molar-refractivity contribution is 5.77. The maximum absolute atomic E-state index is 11.7. The second-order valence-electron chi connectivity index (χ2n) is 4.08. The highest BCUT2D eigenvalue weighted by Crippen LogP contribution is 2.22. The molecule has 2 atom stereocenters. The number of ether oxygens (including phenoxy) is 1. The van der Waals surface area contributed by atoms with Crippen molar-refractivity contribution in [3.8, 4) is 0 Å². The molecular formula is C11H21NO2. The molecule has 0 N–H and O–H groups in total. The Morgan fingerprint density at radius 1 is 1.50 bits per heavy atom. The average molecular weight is 199 g/mol. The normalized spacial score (nSPS) is 27.8. The van der Waals surface area contributed by atoms with Gasteiger partial charge in [0.05, 0.1) is 0 Å². The standard InChI is InChI=1S/C11H21NO2/c1-4-14-8-11(13)12-7-5-6-9(2)10(12)3/h9-10H,4-8H2,1-3H3. The zero-order valence-corrected chi connectivity index (χ0v) is 9.45. The summed E-state index contributed by atoms with van der Waals surface area (Å²) in [6.07, 6.45) is 2.36. The van der Waals surface area contributed by atoms with Crippen LogP contribution >= 0.6 is 0 Å². The Balaban J connectivity index is 2.44. The first-order valence-electron chi connectivity index (χ1n) is 5.54. The molecule has 1 amide bonds. The Hall–Kier alpha value is -0.570. The predicted molar refractivity (Wildman–Crippen MR) is 56.1 cm³/mol. The number of hydrogen-bond donors (Lipinski definition) is 0. The van der Waals surface area contributed by atoms with Crippen LogP contribution in [-0.2, 0) is 9.53 Å². The minimum atomic E-state index is 0.144. The summed E-state index contributed by atoms with van der Waals surface area (Å²) < 4.78 is 5.14. The Bertz CT molecular complexity index is 194. The topological polar surface area (TPSA) is 29.5 Å². The van der Waals surface area contributed by atoms with Gasteiger partial charge in [0.15, 0.2) is 0 Å². The fourth-order valence-corrected chi connectivity index (χ4v) is 1.96. The summed E-state index contributed by atoms with van der Waals surface area (Å²) in [6.45, 7) is 8.02. The minimum Gasteiger partial charge on any atom is -0.372 e. The summed E-state index contributed by atoms with van der Waals surface area (Å²) in [6, 6.07) is 0.372. The quantitative estimate of drug-likeness (QED) is 0.692. The van der Waals surface area contributed by atoms with Crippen molar-refractivity contribution in [2.75, 3.05) is 19.8 Å². The van der Waals surface area contributed by atoms with Gasteiger partial charge in [0.2, 0.25) is 5.91 Å². The zero-order chi connectivity index (χ0) is 10.6. The lowest BCUT2D eigenvalue weighted by atomic mass is 9.92. The maximum atomic E-state index is 11.7. The molecule has 1 fully saturated rings. The van der Waals surface area contributed by atoms with Crippen LogP contribution in [0.5, 0.6) is 0 Å². The van der Waals surface area contributed by atoms with Gasteiger partial charge in [-0.3, -0.25) is 4.79 Å². The summed E-state index contributed by atoms with van der Waals surface area (Å²) in [7, 11) is 0. The fraction of sp³-hybridized carbons (Fsp3) is 0.909. The van der Waals surface area contributed by atoms with Crippen molar-refractivity contribution in [3.05, 3.63) is 0 Å². The summed E-state index contributed by atoms with van der Waals surface area (Å²) in [5.41, 5.74) is 0. The molecule has 1 aliphatic heterocycles. The van der Waals surface area contributed by atoms with Gasteiger partial charge in [-0.25, -0.2) is 0 Å². The van der Waals surface area contributed by atoms with Crippen LogP contribution in [0.3, 0.4) is 0 Å². The summed E-state index contributed by atoms with van der Waals surface area (Å²) in [5.74, 6) is 0.764. The third-order valence-electron chi connectivity index (χ3n) is 3.12. The SMILES string of the molecule is CCOCC(=O)N1CCCC(C)C1C. The van der Waals surface area contributed by atoms with Gasteiger partial charge in [-0.2, -0.15) is 0 Å². The van der Waals surface area contributed by atoms with E-state index in [2.05, 4.69) is 13.8 Å². The van der Waals surface area contributed by atoms with Gasteiger partial charge in [0, 0.05) is 19.2 Å². The van der Waals surface area contributed by atoms with Crippen LogP contribution in [0.4, 0.5) is 0 Å². The van der Waals surface area contributed by atoms with E-state index in [1.54, 1.807) is 0 Å². The molecule has 0 saturated carbocycles. The molecule has 82 valence electrons. The molecule has 0 aromatic rings. The monoisotopic (exact) mass is 199 g/mol. The second-order valence-corrected chi connectivity index (χ2v) is 4.08. The molecule has 0 aromatic carbocycles. The molecular weight excluding hydrogens is 178 g/mol. The third kappa shape index (κ3) is 2.71. The van der Waals surface area contributed by atoms with E-state index in [1.807, 2.05) is 11.8 Å². The van der Waals surface area contributed by atoms with Crippen LogP contribution < -0.4 is 0 Å². The molecule has 2 unspecified atom stereocenters. The Morgan fingerprint density at radius 2 is 2.21 bits per heavy atom. The van der Waals surface area contributed by atoms with Crippen LogP contribution in [0.15, 0.2) is 0 Å². The lowest BCUT2D eigenvalue weighted by Gasteiger charge is -2.37. The van der Waals surface area contributed by atoms with Crippen LogP contribution in [0.25, 0.3) is 0 Å². The third-order valence-corrected chi connectivity index (χ3v) is 3.12. The van der Waals surface area contributed by atoms with E-state index in [-0.39, 0.29) is 12.5 Å². The number of carbonyl (C=O) groups excluding carboxylic acids is 1. The van der Waals surface area contributed by atoms with E-state index in [4.69, 9.17) is 4.74 Å². The van der Waals surface area contributed by atoms with Gasteiger partial charge in [-0.15, -0.1) is 0 Å². The number of likely N-dealkylation sites (tertiary alicyclic amines) is 1. The zero-order valence-electron chi connectivity index (χ0n) is 9.45. The van der Waals surface area contributed by atoms with Crippen molar-refractivity contribution in [2.45, 2.75) is 39.7 Å². The Kier molecular flexibility index (Phi) is 4.39. The molecule has 0 aliphatic carbocycles. The molecule has 1 aliphatic rings. The molecule has 1 saturated heterocycles. The summed E-state index contributed by atoms with van der Waals surface area (Å²) >= 11 is 0. The highest BCUT2D eigenvalue weighted by Gasteiger charge is 2.27. The van der Waals surface area contributed by atoms with E-state index in [0.717, 1.165) is 13.0 Å². The number of rotatable bonds is 3. The van der Waals surface area contributed by atoms with Crippen LogP contribution in [-0.4, -0.2) is 36.6 Å². The molecule has 0 bridgehead atoms. The maximum Gasteiger partial charge on any atom is 0.248 e. The van der Waals surface area contributed by atoms with Gasteiger partial charge in [0.1, 0.15) is 6.61 Å². The molecule has 0 spiro atoms. The summed E-state index contributed by atoms with van der Waals surface area (Å²) in [4.78, 5) is 13.7. The van der Waals surface area contributed by atoms with Crippen LogP contribution in [0.1, 0.15) is 33.6 Å². The van der Waals surface area contributed by atoms with Gasteiger partial charge in [-0.05, 0) is 32.6 Å². The van der Waals surface area contributed by atoms with Gasteiger partial charge >= 0.3 is 0 Å². The second kappa shape index (κ2) is 5.35. The molecule has 3 nitrogen and oxygen atoms in total. The number of nitrogens with zero attached hydrogens (tertiary/aromatic N) is 1. The molecule has 1 heterocycles. The van der Waals surface area contributed by atoms with Crippen LogP contribution in [0, 0.1) is 5.92 Å². The van der Waals surface area contributed by atoms with Gasteiger partial charge < -0.3 is 9.64 Å². The molecule has 14 heavy (non-hydrogen) atoms. The first-order valence-corrected chi connectivity index (χ1v) is 5.54.